The maximum absolute atomic E-state index is 12.2. The largest absolute Gasteiger partial charge is 0.490 e. The van der Waals surface area contributed by atoms with Crippen LogP contribution in [0.5, 0.6) is 5.75 Å². The van der Waals surface area contributed by atoms with Gasteiger partial charge in [-0.25, -0.2) is 4.79 Å². The Hall–Kier alpha value is -1.91. The van der Waals surface area contributed by atoms with Crippen molar-refractivity contribution in [2.24, 2.45) is 0 Å². The first-order valence-electron chi connectivity index (χ1n) is 7.76. The molecule has 2 N–H and O–H groups in total. The third-order valence-corrected chi connectivity index (χ3v) is 3.62. The van der Waals surface area contributed by atoms with E-state index in [1.807, 2.05) is 52.0 Å². The Labute approximate surface area is 132 Å². The molecule has 5 heteroatoms. The highest BCUT2D eigenvalue weighted by Crippen LogP contribution is 2.25. The Balaban J connectivity index is 1.91. The van der Waals surface area contributed by atoms with E-state index >= 15 is 0 Å². The number of nitrogens with two attached hydrogens (primary N) is 1. The molecule has 122 valence electrons. The second-order valence-electron chi connectivity index (χ2n) is 6.86. The summed E-state index contributed by atoms with van der Waals surface area (Å²) in [7, 11) is 0. The first-order chi connectivity index (χ1) is 10.2. The SMILES string of the molecule is C[C@H]1C[C@@H](Oc2cccc(N)c2)CCN1C(=O)OC(C)(C)C. The van der Waals surface area contributed by atoms with E-state index in [1.54, 1.807) is 4.90 Å². The molecule has 0 bridgehead atoms. The molecule has 1 aromatic carbocycles. The van der Waals surface area contributed by atoms with Gasteiger partial charge in [-0.2, -0.15) is 0 Å². The van der Waals surface area contributed by atoms with Gasteiger partial charge in [-0.05, 0) is 39.8 Å². The van der Waals surface area contributed by atoms with Crippen LogP contribution < -0.4 is 10.5 Å². The maximum atomic E-state index is 12.2. The van der Waals surface area contributed by atoms with E-state index in [0.717, 1.165) is 18.6 Å². The lowest BCUT2D eigenvalue weighted by atomic mass is 10.0. The second kappa shape index (κ2) is 6.46. The molecule has 1 saturated heterocycles. The van der Waals surface area contributed by atoms with E-state index in [9.17, 15) is 4.79 Å². The molecule has 1 heterocycles. The number of likely N-dealkylation sites (tertiary alicyclic amines) is 1. The number of nitrogens with zero attached hydrogens (tertiary/aromatic N) is 1. The van der Waals surface area contributed by atoms with Gasteiger partial charge >= 0.3 is 6.09 Å². The Morgan fingerprint density at radius 3 is 2.68 bits per heavy atom. The van der Waals surface area contributed by atoms with E-state index in [4.69, 9.17) is 15.2 Å². The molecule has 2 rings (SSSR count). The van der Waals surface area contributed by atoms with Crippen molar-refractivity contribution in [3.63, 3.8) is 0 Å². The summed E-state index contributed by atoms with van der Waals surface area (Å²) >= 11 is 0. The molecule has 5 nitrogen and oxygen atoms in total. The molecule has 0 unspecified atom stereocenters. The molecule has 0 saturated carbocycles. The Kier molecular flexibility index (Phi) is 4.84. The van der Waals surface area contributed by atoms with E-state index in [-0.39, 0.29) is 18.2 Å². The fraction of sp³-hybridized carbons (Fsp3) is 0.588. The van der Waals surface area contributed by atoms with Gasteiger partial charge in [0.05, 0.1) is 0 Å². The molecular formula is C17H26N2O3. The molecule has 1 aliphatic rings. The minimum Gasteiger partial charge on any atom is -0.490 e. The molecule has 1 aromatic rings. The standard InChI is InChI=1S/C17H26N2O3/c1-12-10-15(21-14-7-5-6-13(18)11-14)8-9-19(12)16(20)22-17(2,3)4/h5-7,11-12,15H,8-10,18H2,1-4H3/t12-,15-/m0/s1. The van der Waals surface area contributed by atoms with Crippen LogP contribution in [0.15, 0.2) is 24.3 Å². The molecule has 0 aliphatic carbocycles. The summed E-state index contributed by atoms with van der Waals surface area (Å²) in [5.41, 5.74) is 5.99. The van der Waals surface area contributed by atoms with Crippen molar-refractivity contribution in [2.45, 2.75) is 58.3 Å². The van der Waals surface area contributed by atoms with E-state index in [1.165, 1.54) is 0 Å². The summed E-state index contributed by atoms with van der Waals surface area (Å²) < 4.78 is 11.4. The predicted molar refractivity (Wildman–Crippen MR) is 86.9 cm³/mol. The van der Waals surface area contributed by atoms with E-state index < -0.39 is 5.60 Å². The highest BCUT2D eigenvalue weighted by Gasteiger charge is 2.32. The van der Waals surface area contributed by atoms with Gasteiger partial charge in [-0.1, -0.05) is 6.07 Å². The summed E-state index contributed by atoms with van der Waals surface area (Å²) in [6.07, 6.45) is 1.42. The fourth-order valence-electron chi connectivity index (χ4n) is 2.61. The highest BCUT2D eigenvalue weighted by atomic mass is 16.6. The number of anilines is 1. The topological polar surface area (TPSA) is 64.8 Å². The number of carbonyl (C=O) groups excluding carboxylic acids is 1. The van der Waals surface area contributed by atoms with Gasteiger partial charge in [0.2, 0.25) is 0 Å². The lowest BCUT2D eigenvalue weighted by molar-refractivity contribution is -0.00101. The van der Waals surface area contributed by atoms with Crippen LogP contribution in [0.2, 0.25) is 0 Å². The molecule has 1 fully saturated rings. The van der Waals surface area contributed by atoms with Gasteiger partial charge in [-0.3, -0.25) is 0 Å². The van der Waals surface area contributed by atoms with E-state index in [0.29, 0.717) is 12.2 Å². The molecule has 0 aromatic heterocycles. The minimum atomic E-state index is -0.467. The van der Waals surface area contributed by atoms with Crippen LogP contribution in [-0.4, -0.2) is 35.3 Å². The minimum absolute atomic E-state index is 0.0923. The smallest absolute Gasteiger partial charge is 0.410 e. The third kappa shape index (κ3) is 4.55. The number of benzene rings is 1. The quantitative estimate of drug-likeness (QED) is 0.850. The molecular weight excluding hydrogens is 280 g/mol. The van der Waals surface area contributed by atoms with Crippen molar-refractivity contribution in [3.8, 4) is 5.75 Å². The van der Waals surface area contributed by atoms with Crippen molar-refractivity contribution in [1.29, 1.82) is 0 Å². The number of hydrogen-bond donors (Lipinski definition) is 1. The number of carbonyl (C=O) groups is 1. The first-order valence-corrected chi connectivity index (χ1v) is 7.76. The van der Waals surface area contributed by atoms with Crippen LogP contribution in [0.4, 0.5) is 10.5 Å². The van der Waals surface area contributed by atoms with Crippen molar-refractivity contribution < 1.29 is 14.3 Å². The summed E-state index contributed by atoms with van der Waals surface area (Å²) in [4.78, 5) is 14.0. The highest BCUT2D eigenvalue weighted by molar-refractivity contribution is 5.68. The number of rotatable bonds is 2. The molecule has 0 radical (unpaired) electrons. The summed E-state index contributed by atoms with van der Waals surface area (Å²) in [6.45, 7) is 8.31. The zero-order valence-electron chi connectivity index (χ0n) is 13.8. The lowest BCUT2D eigenvalue weighted by Gasteiger charge is -2.38. The number of amides is 1. The van der Waals surface area contributed by atoms with Crippen molar-refractivity contribution in [1.82, 2.24) is 4.90 Å². The van der Waals surface area contributed by atoms with Crippen LogP contribution in [0.1, 0.15) is 40.5 Å². The first kappa shape index (κ1) is 16.5. The van der Waals surface area contributed by atoms with Crippen LogP contribution in [0, 0.1) is 0 Å². The fourth-order valence-corrected chi connectivity index (χ4v) is 2.61. The van der Waals surface area contributed by atoms with Crippen molar-refractivity contribution >= 4 is 11.8 Å². The normalized spacial score (nSPS) is 22.3. The number of hydrogen-bond acceptors (Lipinski definition) is 4. The van der Waals surface area contributed by atoms with Crippen molar-refractivity contribution in [2.75, 3.05) is 12.3 Å². The molecule has 22 heavy (non-hydrogen) atoms. The maximum Gasteiger partial charge on any atom is 0.410 e. The summed E-state index contributed by atoms with van der Waals surface area (Å²) in [5, 5.41) is 0. The molecule has 1 aliphatic heterocycles. The van der Waals surface area contributed by atoms with Crippen LogP contribution in [0.3, 0.4) is 0 Å². The molecule has 2 atom stereocenters. The summed E-state index contributed by atoms with van der Waals surface area (Å²) in [5.74, 6) is 0.780. The van der Waals surface area contributed by atoms with Crippen molar-refractivity contribution in [3.05, 3.63) is 24.3 Å². The number of piperidine rings is 1. The Morgan fingerprint density at radius 1 is 1.36 bits per heavy atom. The second-order valence-corrected chi connectivity index (χ2v) is 6.86. The lowest BCUT2D eigenvalue weighted by Crippen LogP contribution is -2.49. The van der Waals surface area contributed by atoms with Gasteiger partial charge in [-0.15, -0.1) is 0 Å². The molecule has 0 spiro atoms. The predicted octanol–water partition coefficient (Wildman–Crippen LogP) is 3.44. The Morgan fingerprint density at radius 2 is 2.09 bits per heavy atom. The van der Waals surface area contributed by atoms with Gasteiger partial charge in [0.25, 0.3) is 0 Å². The Bertz CT molecular complexity index is 525. The number of nitrogen functional groups attached to an aromatic ring is 1. The van der Waals surface area contributed by atoms with Gasteiger partial charge < -0.3 is 20.1 Å². The van der Waals surface area contributed by atoms with Crippen LogP contribution in [-0.2, 0) is 4.74 Å². The van der Waals surface area contributed by atoms with Gasteiger partial charge in [0, 0.05) is 37.2 Å². The van der Waals surface area contributed by atoms with E-state index in [2.05, 4.69) is 0 Å². The van der Waals surface area contributed by atoms with Gasteiger partial charge in [0.15, 0.2) is 0 Å². The number of ether oxygens (including phenoxy) is 2. The third-order valence-electron chi connectivity index (χ3n) is 3.62. The zero-order valence-corrected chi connectivity index (χ0v) is 13.8. The van der Waals surface area contributed by atoms with Crippen LogP contribution >= 0.6 is 0 Å². The average Bonchev–Trinajstić information content (AvgIpc) is 2.36. The monoisotopic (exact) mass is 306 g/mol. The van der Waals surface area contributed by atoms with Gasteiger partial charge in [0.1, 0.15) is 17.5 Å². The van der Waals surface area contributed by atoms with Crippen LogP contribution in [0.25, 0.3) is 0 Å². The molecule has 1 amide bonds. The average molecular weight is 306 g/mol. The summed E-state index contributed by atoms with van der Waals surface area (Å²) in [6, 6.07) is 7.53. The zero-order chi connectivity index (χ0) is 16.3.